The van der Waals surface area contributed by atoms with Gasteiger partial charge in [-0.3, -0.25) is 9.51 Å². The second-order valence-electron chi connectivity index (χ2n) is 7.57. The summed E-state index contributed by atoms with van der Waals surface area (Å²) in [5, 5.41) is 14.7. The van der Waals surface area contributed by atoms with Crippen molar-refractivity contribution in [2.75, 3.05) is 0 Å². The van der Waals surface area contributed by atoms with Crippen LogP contribution in [0.1, 0.15) is 32.1 Å². The average Bonchev–Trinajstić information content (AvgIpc) is 3.36. The predicted molar refractivity (Wildman–Crippen MR) is 110 cm³/mol. The first-order chi connectivity index (χ1) is 14.6. The van der Waals surface area contributed by atoms with Gasteiger partial charge in [-0.1, -0.05) is 36.0 Å². The number of nitrogens with one attached hydrogen (secondary N) is 1. The van der Waals surface area contributed by atoms with Gasteiger partial charge in [0.15, 0.2) is 5.65 Å². The van der Waals surface area contributed by atoms with Crippen molar-refractivity contribution in [3.8, 4) is 28.7 Å². The van der Waals surface area contributed by atoms with Gasteiger partial charge in [-0.05, 0) is 37.0 Å². The highest BCUT2D eigenvalue weighted by Crippen LogP contribution is 2.36. The molecule has 0 bridgehead atoms. The lowest BCUT2D eigenvalue weighted by atomic mass is 9.89. The molecule has 1 fully saturated rings. The van der Waals surface area contributed by atoms with Crippen LogP contribution in [0.3, 0.4) is 0 Å². The molecule has 4 aromatic rings. The van der Waals surface area contributed by atoms with E-state index in [9.17, 15) is 9.90 Å². The van der Waals surface area contributed by atoms with Crippen LogP contribution in [-0.4, -0.2) is 34.8 Å². The minimum Gasteiger partial charge on any atom is -0.507 e. The van der Waals surface area contributed by atoms with Gasteiger partial charge in [0, 0.05) is 17.1 Å². The number of fused-ring (bicyclic) bond motifs is 1. The van der Waals surface area contributed by atoms with Gasteiger partial charge in [0.05, 0.1) is 6.33 Å². The lowest BCUT2D eigenvalue weighted by molar-refractivity contribution is 0.322. The van der Waals surface area contributed by atoms with Crippen LogP contribution in [0.25, 0.3) is 34.1 Å². The Labute approximate surface area is 175 Å². The second-order valence-corrected chi connectivity index (χ2v) is 8.01. The van der Waals surface area contributed by atoms with E-state index in [4.69, 9.17) is 11.6 Å². The van der Waals surface area contributed by atoms with E-state index >= 15 is 0 Å². The minimum atomic E-state index is -0.705. The van der Waals surface area contributed by atoms with Gasteiger partial charge in [-0.15, -0.1) is 0 Å². The van der Waals surface area contributed by atoms with Gasteiger partial charge in [0.2, 0.25) is 11.6 Å². The topological polar surface area (TPSA) is 123 Å². The maximum atomic E-state index is 11.4. The molecule has 0 unspecified atom stereocenters. The highest BCUT2D eigenvalue weighted by Gasteiger charge is 2.22. The standard InChI is InChI=1S/C20H19ClN6O3/c21-12-6-7-14(28)13(8-12)15-16-17(24-18(23-15)19-25-20(29)30-26-19)22-10-27(16)9-11-4-2-1-3-5-11/h6-8,10-11,28H,1-5,9H2,(H,25,26,29). The van der Waals surface area contributed by atoms with Crippen molar-refractivity contribution in [1.82, 2.24) is 29.7 Å². The van der Waals surface area contributed by atoms with Gasteiger partial charge in [0.25, 0.3) is 0 Å². The molecule has 9 nitrogen and oxygen atoms in total. The zero-order chi connectivity index (χ0) is 20.7. The van der Waals surface area contributed by atoms with Crippen molar-refractivity contribution in [2.45, 2.75) is 38.6 Å². The molecule has 0 saturated heterocycles. The van der Waals surface area contributed by atoms with Crippen LogP contribution in [0.4, 0.5) is 0 Å². The van der Waals surface area contributed by atoms with Gasteiger partial charge in [-0.25, -0.2) is 19.7 Å². The summed E-state index contributed by atoms with van der Waals surface area (Å²) < 4.78 is 6.63. The number of benzene rings is 1. The van der Waals surface area contributed by atoms with Crippen molar-refractivity contribution in [3.63, 3.8) is 0 Å². The molecular weight excluding hydrogens is 408 g/mol. The van der Waals surface area contributed by atoms with Crippen LogP contribution < -0.4 is 5.76 Å². The third kappa shape index (κ3) is 3.45. The molecule has 1 aliphatic rings. The summed E-state index contributed by atoms with van der Waals surface area (Å²) in [5.41, 5.74) is 2.06. The fraction of sp³-hybridized carbons (Fsp3) is 0.350. The molecule has 30 heavy (non-hydrogen) atoms. The van der Waals surface area contributed by atoms with Gasteiger partial charge in [0.1, 0.15) is 17.0 Å². The maximum absolute atomic E-state index is 11.4. The van der Waals surface area contributed by atoms with E-state index in [2.05, 4.69) is 29.6 Å². The van der Waals surface area contributed by atoms with Crippen LogP contribution in [0.15, 0.2) is 33.8 Å². The number of phenols is 1. The number of aromatic hydroxyl groups is 1. The summed E-state index contributed by atoms with van der Waals surface area (Å²) in [6.45, 7) is 0.800. The Morgan fingerprint density at radius 3 is 2.83 bits per heavy atom. The third-order valence-electron chi connectivity index (χ3n) is 5.52. The Kier molecular flexibility index (Phi) is 4.74. The van der Waals surface area contributed by atoms with E-state index in [1.807, 2.05) is 4.57 Å². The predicted octanol–water partition coefficient (Wildman–Crippen LogP) is 3.78. The number of hydrogen-bond acceptors (Lipinski definition) is 7. The van der Waals surface area contributed by atoms with Crippen molar-refractivity contribution in [3.05, 3.63) is 40.1 Å². The highest BCUT2D eigenvalue weighted by atomic mass is 35.5. The quantitative estimate of drug-likeness (QED) is 0.509. The Hall–Kier alpha value is -3.20. The van der Waals surface area contributed by atoms with Crippen LogP contribution in [0.2, 0.25) is 5.02 Å². The highest BCUT2D eigenvalue weighted by molar-refractivity contribution is 6.31. The molecule has 0 radical (unpaired) electrons. The molecule has 5 rings (SSSR count). The van der Waals surface area contributed by atoms with Crippen molar-refractivity contribution >= 4 is 22.8 Å². The van der Waals surface area contributed by atoms with Gasteiger partial charge in [-0.2, -0.15) is 0 Å². The SMILES string of the molecule is O=c1[nH]c(-c2nc(-c3cc(Cl)ccc3O)c3c(ncn3CC3CCCCC3)n2)no1. The zero-order valence-corrected chi connectivity index (χ0v) is 16.8. The Balaban J connectivity index is 1.71. The number of imidazole rings is 1. The van der Waals surface area contributed by atoms with Crippen LogP contribution >= 0.6 is 11.6 Å². The molecule has 1 aromatic carbocycles. The number of phenolic OH excluding ortho intramolecular Hbond substituents is 1. The van der Waals surface area contributed by atoms with Crippen molar-refractivity contribution < 1.29 is 9.63 Å². The number of H-pyrrole nitrogens is 1. The molecule has 3 aromatic heterocycles. The molecule has 10 heteroatoms. The first-order valence-electron chi connectivity index (χ1n) is 9.86. The zero-order valence-electron chi connectivity index (χ0n) is 16.0. The fourth-order valence-corrected chi connectivity index (χ4v) is 4.26. The van der Waals surface area contributed by atoms with Gasteiger partial charge >= 0.3 is 5.76 Å². The first kappa shape index (κ1) is 18.8. The van der Waals surface area contributed by atoms with E-state index in [1.54, 1.807) is 18.5 Å². The van der Waals surface area contributed by atoms with E-state index < -0.39 is 5.76 Å². The molecule has 2 N–H and O–H groups in total. The summed E-state index contributed by atoms with van der Waals surface area (Å²) in [7, 11) is 0. The minimum absolute atomic E-state index is 0.0319. The fourth-order valence-electron chi connectivity index (χ4n) is 4.08. The Morgan fingerprint density at radius 2 is 2.07 bits per heavy atom. The van der Waals surface area contributed by atoms with E-state index in [0.29, 0.717) is 33.4 Å². The largest absolute Gasteiger partial charge is 0.507 e. The summed E-state index contributed by atoms with van der Waals surface area (Å²) >= 11 is 6.20. The molecule has 154 valence electrons. The maximum Gasteiger partial charge on any atom is 0.439 e. The summed E-state index contributed by atoms with van der Waals surface area (Å²) in [5.74, 6) is 0.119. The number of nitrogens with zero attached hydrogens (tertiary/aromatic N) is 5. The number of hydrogen-bond donors (Lipinski definition) is 2. The average molecular weight is 427 g/mol. The van der Waals surface area contributed by atoms with Crippen molar-refractivity contribution in [1.29, 1.82) is 0 Å². The molecule has 0 aliphatic heterocycles. The normalized spacial score (nSPS) is 15.1. The van der Waals surface area contributed by atoms with Crippen LogP contribution in [0.5, 0.6) is 5.75 Å². The van der Waals surface area contributed by atoms with E-state index in [1.165, 1.54) is 38.2 Å². The summed E-state index contributed by atoms with van der Waals surface area (Å²) in [6.07, 6.45) is 7.85. The summed E-state index contributed by atoms with van der Waals surface area (Å²) in [4.78, 5) is 27.4. The second kappa shape index (κ2) is 7.56. The molecule has 1 saturated carbocycles. The van der Waals surface area contributed by atoms with E-state index in [-0.39, 0.29) is 17.4 Å². The number of halogens is 1. The Bertz CT molecular complexity index is 1270. The smallest absolute Gasteiger partial charge is 0.439 e. The molecular formula is C20H19ClN6O3. The Morgan fingerprint density at radius 1 is 1.23 bits per heavy atom. The lowest BCUT2D eigenvalue weighted by Crippen LogP contribution is -2.14. The summed E-state index contributed by atoms with van der Waals surface area (Å²) in [6, 6.07) is 4.77. The molecule has 0 atom stereocenters. The van der Waals surface area contributed by atoms with Crippen molar-refractivity contribution in [2.24, 2.45) is 5.92 Å². The molecule has 3 heterocycles. The van der Waals surface area contributed by atoms with Crippen LogP contribution in [0, 0.1) is 5.92 Å². The molecule has 1 aliphatic carbocycles. The first-order valence-corrected chi connectivity index (χ1v) is 10.2. The molecule has 0 spiro atoms. The number of aromatic amines is 1. The number of aromatic nitrogens is 6. The van der Waals surface area contributed by atoms with Crippen LogP contribution in [-0.2, 0) is 6.54 Å². The van der Waals surface area contributed by atoms with Gasteiger partial charge < -0.3 is 9.67 Å². The number of rotatable bonds is 4. The monoisotopic (exact) mass is 426 g/mol. The van der Waals surface area contributed by atoms with E-state index in [0.717, 1.165) is 6.54 Å². The lowest BCUT2D eigenvalue weighted by Gasteiger charge is -2.22. The molecule has 0 amide bonds. The third-order valence-corrected chi connectivity index (χ3v) is 5.75.